The van der Waals surface area contributed by atoms with Gasteiger partial charge in [0.2, 0.25) is 17.5 Å². The Hall–Kier alpha value is -2.45. The topological polar surface area (TPSA) is 127 Å². The molecule has 1 aromatic heterocycles. The van der Waals surface area contributed by atoms with E-state index in [1.807, 2.05) is 0 Å². The van der Waals surface area contributed by atoms with Crippen LogP contribution in [-0.4, -0.2) is 40.4 Å². The number of anilines is 2. The highest BCUT2D eigenvalue weighted by molar-refractivity contribution is 5.82. The van der Waals surface area contributed by atoms with Crippen molar-refractivity contribution >= 4 is 23.2 Å². The van der Waals surface area contributed by atoms with E-state index < -0.39 is 4.92 Å². The number of nitro groups is 1. The summed E-state index contributed by atoms with van der Waals surface area (Å²) in [7, 11) is 0. The van der Waals surface area contributed by atoms with Gasteiger partial charge in [-0.15, -0.1) is 0 Å². The maximum Gasteiger partial charge on any atom is 0.353 e. The number of rotatable bonds is 6. The van der Waals surface area contributed by atoms with E-state index in [0.29, 0.717) is 13.1 Å². The lowest BCUT2D eigenvalue weighted by atomic mass is 10.3. The summed E-state index contributed by atoms with van der Waals surface area (Å²) in [5.74, 6) is -0.411. The van der Waals surface area contributed by atoms with Gasteiger partial charge in [0.05, 0.1) is 11.5 Å². The molecule has 0 bridgehead atoms. The minimum absolute atomic E-state index is 0.0262. The summed E-state index contributed by atoms with van der Waals surface area (Å²) >= 11 is 0. The van der Waals surface area contributed by atoms with Gasteiger partial charge >= 0.3 is 5.69 Å². The van der Waals surface area contributed by atoms with Gasteiger partial charge in [0.25, 0.3) is 0 Å². The lowest BCUT2D eigenvalue weighted by Crippen LogP contribution is -2.37. The van der Waals surface area contributed by atoms with Crippen molar-refractivity contribution in [3.63, 3.8) is 0 Å². The summed E-state index contributed by atoms with van der Waals surface area (Å²) in [6.07, 6.45) is 1.14. The van der Waals surface area contributed by atoms with Crippen molar-refractivity contribution < 1.29 is 9.72 Å². The van der Waals surface area contributed by atoms with Gasteiger partial charge in [-0.25, -0.2) is 9.97 Å². The molecule has 0 aliphatic rings. The monoisotopic (exact) mass is 268 g/mol. The Morgan fingerprint density at radius 2 is 2.21 bits per heavy atom. The molecule has 0 radical (unpaired) electrons. The van der Waals surface area contributed by atoms with E-state index in [0.717, 1.165) is 6.33 Å². The van der Waals surface area contributed by atoms with E-state index in [-0.39, 0.29) is 29.8 Å². The van der Waals surface area contributed by atoms with Crippen molar-refractivity contribution in [2.75, 3.05) is 30.3 Å². The molecule has 9 nitrogen and oxygen atoms in total. The normalized spacial score (nSPS) is 10.0. The summed E-state index contributed by atoms with van der Waals surface area (Å²) < 4.78 is 0. The minimum Gasteiger partial charge on any atom is -0.378 e. The van der Waals surface area contributed by atoms with E-state index in [9.17, 15) is 14.9 Å². The molecule has 1 rings (SSSR count). The van der Waals surface area contributed by atoms with Crippen LogP contribution < -0.4 is 16.0 Å². The van der Waals surface area contributed by atoms with Gasteiger partial charge in [-0.2, -0.15) is 0 Å². The third kappa shape index (κ3) is 3.50. The van der Waals surface area contributed by atoms with Crippen LogP contribution in [0.1, 0.15) is 13.8 Å². The Morgan fingerprint density at radius 3 is 2.74 bits per heavy atom. The summed E-state index contributed by atoms with van der Waals surface area (Å²) in [5, 5.41) is 13.6. The quantitative estimate of drug-likeness (QED) is 0.546. The van der Waals surface area contributed by atoms with Crippen molar-refractivity contribution in [2.45, 2.75) is 13.8 Å². The Morgan fingerprint density at radius 1 is 1.53 bits per heavy atom. The predicted molar refractivity (Wildman–Crippen MR) is 69.7 cm³/mol. The second-order valence-electron chi connectivity index (χ2n) is 3.66. The molecule has 0 saturated heterocycles. The highest BCUT2D eigenvalue weighted by atomic mass is 16.6. The van der Waals surface area contributed by atoms with Gasteiger partial charge in [0, 0.05) is 13.1 Å². The number of nitrogens with two attached hydrogens (primary N) is 1. The SMILES string of the molecule is CCNC(=O)CN(CC)c1ncnc(N)c1[N+](=O)[O-]. The van der Waals surface area contributed by atoms with E-state index >= 15 is 0 Å². The highest BCUT2D eigenvalue weighted by Gasteiger charge is 2.25. The van der Waals surface area contributed by atoms with Gasteiger partial charge in [-0.05, 0) is 13.8 Å². The van der Waals surface area contributed by atoms with E-state index in [1.165, 1.54) is 4.90 Å². The Labute approximate surface area is 110 Å². The van der Waals surface area contributed by atoms with Crippen molar-refractivity contribution in [2.24, 2.45) is 0 Å². The first-order valence-corrected chi connectivity index (χ1v) is 5.77. The van der Waals surface area contributed by atoms with Gasteiger partial charge in [0.1, 0.15) is 6.33 Å². The number of carbonyl (C=O) groups is 1. The minimum atomic E-state index is -0.648. The molecular formula is C10H16N6O3. The number of amides is 1. The van der Waals surface area contributed by atoms with E-state index in [2.05, 4.69) is 15.3 Å². The zero-order chi connectivity index (χ0) is 14.4. The third-order valence-electron chi connectivity index (χ3n) is 2.40. The number of carbonyl (C=O) groups excluding carboxylic acids is 1. The number of nitrogens with one attached hydrogen (secondary N) is 1. The molecular weight excluding hydrogens is 252 g/mol. The first-order chi connectivity index (χ1) is 9.01. The molecule has 0 spiro atoms. The molecule has 3 N–H and O–H groups in total. The predicted octanol–water partition coefficient (Wildman–Crippen LogP) is -0.0706. The summed E-state index contributed by atoms with van der Waals surface area (Å²) in [4.78, 5) is 30.8. The van der Waals surface area contributed by atoms with E-state index in [1.54, 1.807) is 13.8 Å². The fraction of sp³-hybridized carbons (Fsp3) is 0.500. The first-order valence-electron chi connectivity index (χ1n) is 5.77. The third-order valence-corrected chi connectivity index (χ3v) is 2.40. The van der Waals surface area contributed by atoms with Crippen LogP contribution in [0.25, 0.3) is 0 Å². The van der Waals surface area contributed by atoms with Gasteiger partial charge < -0.3 is 16.0 Å². The fourth-order valence-corrected chi connectivity index (χ4v) is 1.55. The number of hydrogen-bond acceptors (Lipinski definition) is 7. The molecule has 0 fully saturated rings. The average Bonchev–Trinajstić information content (AvgIpc) is 2.35. The second kappa shape index (κ2) is 6.47. The Balaban J connectivity index is 3.08. The van der Waals surface area contributed by atoms with E-state index in [4.69, 9.17) is 5.73 Å². The van der Waals surface area contributed by atoms with Crippen LogP contribution in [0.3, 0.4) is 0 Å². The molecule has 1 aromatic rings. The smallest absolute Gasteiger partial charge is 0.353 e. The summed E-state index contributed by atoms with van der Waals surface area (Å²) in [5.41, 5.74) is 5.10. The standard InChI is InChI=1S/C10H16N6O3/c1-3-12-7(17)5-15(4-2)10-8(16(18)19)9(11)13-6-14-10/h6H,3-5H2,1-2H3,(H,12,17)(H2,11,13,14). The van der Waals surface area contributed by atoms with Crippen molar-refractivity contribution in [3.8, 4) is 0 Å². The number of nitrogens with zero attached hydrogens (tertiary/aromatic N) is 4. The fourth-order valence-electron chi connectivity index (χ4n) is 1.55. The molecule has 9 heteroatoms. The van der Waals surface area contributed by atoms with Gasteiger partial charge in [-0.3, -0.25) is 14.9 Å². The van der Waals surface area contributed by atoms with Crippen molar-refractivity contribution in [3.05, 3.63) is 16.4 Å². The molecule has 1 heterocycles. The molecule has 0 aliphatic carbocycles. The van der Waals surface area contributed by atoms with Crippen molar-refractivity contribution in [1.29, 1.82) is 0 Å². The highest BCUT2D eigenvalue weighted by Crippen LogP contribution is 2.29. The van der Waals surface area contributed by atoms with Crippen LogP contribution in [0.15, 0.2) is 6.33 Å². The zero-order valence-corrected chi connectivity index (χ0v) is 10.8. The summed E-state index contributed by atoms with van der Waals surface area (Å²) in [6.45, 7) is 4.40. The lowest BCUT2D eigenvalue weighted by molar-refractivity contribution is -0.383. The zero-order valence-electron chi connectivity index (χ0n) is 10.8. The molecule has 104 valence electrons. The largest absolute Gasteiger partial charge is 0.378 e. The Bertz CT molecular complexity index is 478. The Kier molecular flexibility index (Phi) is 4.98. The average molecular weight is 268 g/mol. The molecule has 0 aliphatic heterocycles. The van der Waals surface area contributed by atoms with Crippen LogP contribution in [0.2, 0.25) is 0 Å². The van der Waals surface area contributed by atoms with Crippen LogP contribution in [0, 0.1) is 10.1 Å². The molecule has 19 heavy (non-hydrogen) atoms. The van der Waals surface area contributed by atoms with Crippen LogP contribution in [-0.2, 0) is 4.79 Å². The lowest BCUT2D eigenvalue weighted by Gasteiger charge is -2.20. The number of nitrogen functional groups attached to an aromatic ring is 1. The molecule has 0 atom stereocenters. The summed E-state index contributed by atoms with van der Waals surface area (Å²) in [6, 6.07) is 0. The van der Waals surface area contributed by atoms with Gasteiger partial charge in [-0.1, -0.05) is 0 Å². The molecule has 0 aromatic carbocycles. The van der Waals surface area contributed by atoms with Gasteiger partial charge in [0.15, 0.2) is 0 Å². The molecule has 0 unspecified atom stereocenters. The second-order valence-corrected chi connectivity index (χ2v) is 3.66. The van der Waals surface area contributed by atoms with Crippen molar-refractivity contribution in [1.82, 2.24) is 15.3 Å². The number of aromatic nitrogens is 2. The number of likely N-dealkylation sites (N-methyl/N-ethyl adjacent to an activating group) is 2. The van der Waals surface area contributed by atoms with Crippen LogP contribution in [0.5, 0.6) is 0 Å². The molecule has 0 saturated carbocycles. The first kappa shape index (κ1) is 14.6. The number of hydrogen-bond donors (Lipinski definition) is 2. The van der Waals surface area contributed by atoms with Crippen LogP contribution in [0.4, 0.5) is 17.3 Å². The maximum absolute atomic E-state index is 11.6. The van der Waals surface area contributed by atoms with Crippen LogP contribution >= 0.6 is 0 Å². The molecule has 1 amide bonds. The maximum atomic E-state index is 11.6.